The maximum absolute atomic E-state index is 12.6. The lowest BCUT2D eigenvalue weighted by atomic mass is 9.79. The Balaban J connectivity index is 1.64. The first kappa shape index (κ1) is 16.9. The summed E-state index contributed by atoms with van der Waals surface area (Å²) in [6, 6.07) is 0.516. The van der Waals surface area contributed by atoms with Gasteiger partial charge in [-0.15, -0.1) is 11.3 Å². The van der Waals surface area contributed by atoms with Gasteiger partial charge < -0.3 is 16.0 Å². The van der Waals surface area contributed by atoms with E-state index in [9.17, 15) is 4.79 Å². The summed E-state index contributed by atoms with van der Waals surface area (Å²) in [5.74, 6) is -0.0380. The summed E-state index contributed by atoms with van der Waals surface area (Å²) in [5.41, 5.74) is 0.620. The molecule has 1 amide bonds. The van der Waals surface area contributed by atoms with Crippen LogP contribution >= 0.6 is 11.3 Å². The van der Waals surface area contributed by atoms with Crippen molar-refractivity contribution in [1.82, 2.24) is 20.9 Å². The summed E-state index contributed by atoms with van der Waals surface area (Å²) < 4.78 is 0. The molecule has 2 aliphatic heterocycles. The van der Waals surface area contributed by atoms with Crippen LogP contribution in [0.4, 0.5) is 0 Å². The van der Waals surface area contributed by atoms with Crippen molar-refractivity contribution in [2.24, 2.45) is 0 Å². The molecule has 5 nitrogen and oxygen atoms in total. The van der Waals surface area contributed by atoms with Gasteiger partial charge in [-0.05, 0) is 59.9 Å². The third kappa shape index (κ3) is 4.11. The second kappa shape index (κ2) is 6.15. The Labute approximate surface area is 142 Å². The Morgan fingerprint density at radius 2 is 2.00 bits per heavy atom. The molecular formula is C17H28N4OS. The van der Waals surface area contributed by atoms with Crippen molar-refractivity contribution in [3.8, 4) is 0 Å². The Kier molecular flexibility index (Phi) is 4.51. The second-order valence-corrected chi connectivity index (χ2v) is 9.08. The minimum atomic E-state index is -0.0380. The van der Waals surface area contributed by atoms with Crippen LogP contribution in [-0.2, 0) is 0 Å². The lowest BCUT2D eigenvalue weighted by molar-refractivity contribution is 0.0868. The van der Waals surface area contributed by atoms with Gasteiger partial charge in [0.1, 0.15) is 10.7 Å². The Morgan fingerprint density at radius 3 is 2.61 bits per heavy atom. The Morgan fingerprint density at radius 1 is 1.30 bits per heavy atom. The van der Waals surface area contributed by atoms with Crippen molar-refractivity contribution in [2.45, 2.75) is 76.5 Å². The molecule has 3 rings (SSSR count). The van der Waals surface area contributed by atoms with Crippen molar-refractivity contribution in [2.75, 3.05) is 6.54 Å². The number of carbonyl (C=O) groups excluding carboxylic acids is 1. The molecule has 3 N–H and O–H groups in total. The van der Waals surface area contributed by atoms with Crippen molar-refractivity contribution >= 4 is 17.2 Å². The van der Waals surface area contributed by atoms with Crippen molar-refractivity contribution < 1.29 is 4.79 Å². The number of carbonyl (C=O) groups is 1. The number of hydrogen-bond donors (Lipinski definition) is 3. The van der Waals surface area contributed by atoms with Crippen molar-refractivity contribution in [1.29, 1.82) is 0 Å². The molecule has 1 atom stereocenters. The van der Waals surface area contributed by atoms with E-state index in [1.165, 1.54) is 6.42 Å². The molecule has 1 unspecified atom stereocenters. The standard InChI is InChI=1S/C17H28N4OS/c1-16(2)8-11(9-17(3,4)21-16)19-14(22)13-10-23-15(20-13)12-6-5-7-18-12/h10-12,18,21H,5-9H2,1-4H3,(H,19,22). The van der Waals surface area contributed by atoms with Gasteiger partial charge in [0.15, 0.2) is 0 Å². The average molecular weight is 337 g/mol. The first-order valence-corrected chi connectivity index (χ1v) is 9.41. The molecule has 0 bridgehead atoms. The van der Waals surface area contributed by atoms with E-state index in [1.807, 2.05) is 5.38 Å². The van der Waals surface area contributed by atoms with Crippen LogP contribution in [0.25, 0.3) is 0 Å². The van der Waals surface area contributed by atoms with E-state index in [0.29, 0.717) is 11.7 Å². The van der Waals surface area contributed by atoms with E-state index in [2.05, 4.69) is 48.6 Å². The van der Waals surface area contributed by atoms with Gasteiger partial charge >= 0.3 is 0 Å². The molecule has 2 fully saturated rings. The number of aromatic nitrogens is 1. The van der Waals surface area contributed by atoms with E-state index in [0.717, 1.165) is 30.8 Å². The van der Waals surface area contributed by atoms with Crippen LogP contribution in [0.15, 0.2) is 5.38 Å². The molecule has 0 aliphatic carbocycles. The monoisotopic (exact) mass is 336 g/mol. The number of nitrogens with one attached hydrogen (secondary N) is 3. The Hall–Kier alpha value is -0.980. The lowest BCUT2D eigenvalue weighted by Gasteiger charge is -2.46. The molecule has 0 saturated carbocycles. The molecule has 0 aromatic carbocycles. The van der Waals surface area contributed by atoms with E-state index < -0.39 is 0 Å². The van der Waals surface area contributed by atoms with Crippen LogP contribution in [0.5, 0.6) is 0 Å². The van der Waals surface area contributed by atoms with Gasteiger partial charge in [0, 0.05) is 22.5 Å². The summed E-state index contributed by atoms with van der Waals surface area (Å²) >= 11 is 1.59. The summed E-state index contributed by atoms with van der Waals surface area (Å²) in [4.78, 5) is 17.1. The largest absolute Gasteiger partial charge is 0.348 e. The van der Waals surface area contributed by atoms with E-state index >= 15 is 0 Å². The van der Waals surface area contributed by atoms with Gasteiger partial charge in [0.25, 0.3) is 5.91 Å². The SMILES string of the molecule is CC1(C)CC(NC(=O)c2csc(C3CCCN3)n2)CC(C)(C)N1. The molecular weight excluding hydrogens is 308 g/mol. The zero-order valence-electron chi connectivity index (χ0n) is 14.5. The average Bonchev–Trinajstić information content (AvgIpc) is 3.06. The fourth-order valence-corrected chi connectivity index (χ4v) is 5.04. The van der Waals surface area contributed by atoms with Gasteiger partial charge in [-0.3, -0.25) is 4.79 Å². The third-order valence-electron chi connectivity index (χ3n) is 4.64. The van der Waals surface area contributed by atoms with Gasteiger partial charge in [0.05, 0.1) is 6.04 Å². The molecule has 3 heterocycles. The van der Waals surface area contributed by atoms with E-state index in [-0.39, 0.29) is 23.0 Å². The number of thiazole rings is 1. The topological polar surface area (TPSA) is 66.0 Å². The molecule has 1 aromatic heterocycles. The molecule has 1 aromatic rings. The molecule has 6 heteroatoms. The summed E-state index contributed by atoms with van der Waals surface area (Å²) in [6.07, 6.45) is 4.17. The van der Waals surface area contributed by atoms with Crippen LogP contribution in [0.3, 0.4) is 0 Å². The van der Waals surface area contributed by atoms with Crippen LogP contribution in [0.2, 0.25) is 0 Å². The zero-order valence-corrected chi connectivity index (χ0v) is 15.3. The number of nitrogens with zero attached hydrogens (tertiary/aromatic N) is 1. The van der Waals surface area contributed by atoms with Crippen LogP contribution in [-0.4, -0.2) is 34.6 Å². The molecule has 128 valence electrons. The molecule has 2 aliphatic rings. The minimum Gasteiger partial charge on any atom is -0.348 e. The first-order valence-electron chi connectivity index (χ1n) is 8.53. The highest BCUT2D eigenvalue weighted by molar-refractivity contribution is 7.09. The Bertz CT molecular complexity index is 559. The second-order valence-electron chi connectivity index (χ2n) is 8.19. The fraction of sp³-hybridized carbons (Fsp3) is 0.765. The summed E-state index contributed by atoms with van der Waals surface area (Å²) in [5, 5.41) is 13.2. The predicted molar refractivity (Wildman–Crippen MR) is 93.9 cm³/mol. The smallest absolute Gasteiger partial charge is 0.270 e. The van der Waals surface area contributed by atoms with Crippen molar-refractivity contribution in [3.63, 3.8) is 0 Å². The zero-order chi connectivity index (χ0) is 16.7. The van der Waals surface area contributed by atoms with Crippen LogP contribution in [0, 0.1) is 0 Å². The number of hydrogen-bond acceptors (Lipinski definition) is 5. The van der Waals surface area contributed by atoms with Crippen LogP contribution < -0.4 is 16.0 Å². The maximum Gasteiger partial charge on any atom is 0.270 e. The number of piperidine rings is 1. The third-order valence-corrected chi connectivity index (χ3v) is 5.60. The van der Waals surface area contributed by atoms with E-state index in [4.69, 9.17) is 0 Å². The molecule has 2 saturated heterocycles. The number of rotatable bonds is 3. The molecule has 0 radical (unpaired) electrons. The van der Waals surface area contributed by atoms with E-state index in [1.54, 1.807) is 11.3 Å². The van der Waals surface area contributed by atoms with Crippen molar-refractivity contribution in [3.05, 3.63) is 16.1 Å². The highest BCUT2D eigenvalue weighted by Crippen LogP contribution is 2.29. The first-order chi connectivity index (χ1) is 10.7. The maximum atomic E-state index is 12.6. The molecule has 23 heavy (non-hydrogen) atoms. The van der Waals surface area contributed by atoms with Gasteiger partial charge in [0.2, 0.25) is 0 Å². The van der Waals surface area contributed by atoms with Gasteiger partial charge in [-0.25, -0.2) is 4.98 Å². The summed E-state index contributed by atoms with van der Waals surface area (Å²) in [6.45, 7) is 9.82. The fourth-order valence-electron chi connectivity index (χ4n) is 4.13. The normalized spacial score (nSPS) is 27.0. The predicted octanol–water partition coefficient (Wildman–Crippen LogP) is 2.61. The lowest BCUT2D eigenvalue weighted by Crippen LogP contribution is -2.62. The van der Waals surface area contributed by atoms with Gasteiger partial charge in [-0.1, -0.05) is 0 Å². The highest BCUT2D eigenvalue weighted by Gasteiger charge is 2.38. The minimum absolute atomic E-state index is 0.0285. The van der Waals surface area contributed by atoms with Gasteiger partial charge in [-0.2, -0.15) is 0 Å². The van der Waals surface area contributed by atoms with Crippen LogP contribution in [0.1, 0.15) is 74.9 Å². The quantitative estimate of drug-likeness (QED) is 0.794. The molecule has 0 spiro atoms. The highest BCUT2D eigenvalue weighted by atomic mass is 32.1. The summed E-state index contributed by atoms with van der Waals surface area (Å²) in [7, 11) is 0. The number of amides is 1.